The standard InChI is InChI=1S/C26H47N/c1-20(2)22(5)13-12-14-23(21(3)4)17-27-19-26(8,18-25(27,6)7)24-15-10-9-11-16-24/h12-13,20-21,23-24H,5,9-11,14-19H2,1-4,6-8H3/b13-12-. The highest BCUT2D eigenvalue weighted by atomic mass is 15.2. The highest BCUT2D eigenvalue weighted by Gasteiger charge is 2.49. The lowest BCUT2D eigenvalue weighted by atomic mass is 9.67. The van der Waals surface area contributed by atoms with Crippen LogP contribution in [0, 0.1) is 29.1 Å². The monoisotopic (exact) mass is 373 g/mol. The summed E-state index contributed by atoms with van der Waals surface area (Å²) < 4.78 is 0. The van der Waals surface area contributed by atoms with Crippen molar-refractivity contribution < 1.29 is 0 Å². The summed E-state index contributed by atoms with van der Waals surface area (Å²) >= 11 is 0. The molecule has 0 bridgehead atoms. The summed E-state index contributed by atoms with van der Waals surface area (Å²) in [6.07, 6.45) is 14.5. The van der Waals surface area contributed by atoms with Crippen molar-refractivity contribution in [2.75, 3.05) is 13.1 Å². The molecule has 0 aromatic rings. The fraction of sp³-hybridized carbons (Fsp3) is 0.846. The Labute approximate surface area is 170 Å². The van der Waals surface area contributed by atoms with Crippen molar-refractivity contribution in [3.8, 4) is 0 Å². The van der Waals surface area contributed by atoms with Crippen LogP contribution in [0.3, 0.4) is 0 Å². The minimum Gasteiger partial charge on any atom is -0.297 e. The van der Waals surface area contributed by atoms with Crippen molar-refractivity contribution in [3.63, 3.8) is 0 Å². The van der Waals surface area contributed by atoms with Gasteiger partial charge in [0.2, 0.25) is 0 Å². The van der Waals surface area contributed by atoms with Crippen LogP contribution in [0.2, 0.25) is 0 Å². The molecule has 2 aliphatic rings. The number of rotatable bonds is 8. The van der Waals surface area contributed by atoms with E-state index in [-0.39, 0.29) is 0 Å². The van der Waals surface area contributed by atoms with E-state index in [1.807, 2.05) is 0 Å². The minimum atomic E-state index is 0.338. The van der Waals surface area contributed by atoms with Crippen molar-refractivity contribution in [1.82, 2.24) is 4.90 Å². The summed E-state index contributed by atoms with van der Waals surface area (Å²) in [5, 5.41) is 0. The first-order valence-corrected chi connectivity index (χ1v) is 11.7. The maximum atomic E-state index is 4.20. The number of hydrogen-bond acceptors (Lipinski definition) is 1. The van der Waals surface area contributed by atoms with E-state index in [2.05, 4.69) is 72.1 Å². The molecule has 1 aliphatic carbocycles. The summed E-state index contributed by atoms with van der Waals surface area (Å²) in [5.41, 5.74) is 2.11. The zero-order valence-corrected chi connectivity index (χ0v) is 19.5. The van der Waals surface area contributed by atoms with Crippen LogP contribution in [0.25, 0.3) is 0 Å². The maximum Gasteiger partial charge on any atom is 0.0159 e. The van der Waals surface area contributed by atoms with Gasteiger partial charge in [-0.3, -0.25) is 4.90 Å². The van der Waals surface area contributed by atoms with Gasteiger partial charge in [0.15, 0.2) is 0 Å². The molecule has 1 heterocycles. The van der Waals surface area contributed by atoms with Crippen LogP contribution in [0.1, 0.15) is 93.4 Å². The molecule has 1 aliphatic heterocycles. The van der Waals surface area contributed by atoms with E-state index in [4.69, 9.17) is 0 Å². The summed E-state index contributed by atoms with van der Waals surface area (Å²) in [4.78, 5) is 2.84. The van der Waals surface area contributed by atoms with Gasteiger partial charge in [0.1, 0.15) is 0 Å². The van der Waals surface area contributed by atoms with Crippen molar-refractivity contribution in [2.24, 2.45) is 29.1 Å². The Kier molecular flexibility index (Phi) is 7.82. The molecule has 2 atom stereocenters. The van der Waals surface area contributed by atoms with Crippen LogP contribution < -0.4 is 0 Å². The molecular weight excluding hydrogens is 326 g/mol. The average molecular weight is 374 g/mol. The molecule has 27 heavy (non-hydrogen) atoms. The molecule has 0 amide bonds. The molecule has 0 aromatic heterocycles. The topological polar surface area (TPSA) is 3.24 Å². The Hall–Kier alpha value is -0.560. The molecular formula is C26H47N. The smallest absolute Gasteiger partial charge is 0.0159 e. The predicted octanol–water partition coefficient (Wildman–Crippen LogP) is 7.49. The Morgan fingerprint density at radius 2 is 1.70 bits per heavy atom. The Balaban J connectivity index is 2.02. The minimum absolute atomic E-state index is 0.338. The van der Waals surface area contributed by atoms with E-state index in [9.17, 15) is 0 Å². The molecule has 2 rings (SSSR count). The van der Waals surface area contributed by atoms with Gasteiger partial charge in [-0.25, -0.2) is 0 Å². The zero-order chi connectivity index (χ0) is 20.2. The Morgan fingerprint density at radius 1 is 1.07 bits per heavy atom. The first kappa shape index (κ1) is 22.7. The van der Waals surface area contributed by atoms with Gasteiger partial charge < -0.3 is 0 Å². The van der Waals surface area contributed by atoms with Crippen LogP contribution in [0.5, 0.6) is 0 Å². The molecule has 0 N–H and O–H groups in total. The first-order chi connectivity index (χ1) is 12.5. The van der Waals surface area contributed by atoms with Crippen molar-refractivity contribution >= 4 is 0 Å². The molecule has 1 heteroatoms. The number of nitrogens with zero attached hydrogens (tertiary/aromatic N) is 1. The van der Waals surface area contributed by atoms with Crippen LogP contribution in [0.4, 0.5) is 0 Å². The molecule has 156 valence electrons. The molecule has 2 fully saturated rings. The van der Waals surface area contributed by atoms with E-state index < -0.39 is 0 Å². The second-order valence-electron chi connectivity index (χ2n) is 11.2. The lowest BCUT2D eigenvalue weighted by molar-refractivity contribution is 0.117. The van der Waals surface area contributed by atoms with E-state index in [0.29, 0.717) is 16.9 Å². The molecule has 0 radical (unpaired) electrons. The van der Waals surface area contributed by atoms with Crippen LogP contribution in [0.15, 0.2) is 24.3 Å². The second kappa shape index (κ2) is 9.29. The Bertz CT molecular complexity index is 506. The van der Waals surface area contributed by atoms with Crippen LogP contribution >= 0.6 is 0 Å². The van der Waals surface area contributed by atoms with Gasteiger partial charge in [-0.15, -0.1) is 0 Å². The number of hydrogen-bond donors (Lipinski definition) is 0. The predicted molar refractivity (Wildman–Crippen MR) is 121 cm³/mol. The number of likely N-dealkylation sites (tertiary alicyclic amines) is 1. The third-order valence-electron chi connectivity index (χ3n) is 7.75. The molecule has 0 spiro atoms. The molecule has 1 nitrogen and oxygen atoms in total. The summed E-state index contributed by atoms with van der Waals surface area (Å²) in [5.74, 6) is 2.95. The summed E-state index contributed by atoms with van der Waals surface area (Å²) in [6.45, 7) is 23.6. The van der Waals surface area contributed by atoms with E-state index >= 15 is 0 Å². The molecule has 2 unspecified atom stereocenters. The van der Waals surface area contributed by atoms with Gasteiger partial charge in [-0.05, 0) is 68.6 Å². The van der Waals surface area contributed by atoms with Gasteiger partial charge in [0, 0.05) is 18.6 Å². The SMILES string of the molecule is C=C(/C=C\CC(CN1CC(C)(C2CCCCC2)CC1(C)C)C(C)C)C(C)C. The fourth-order valence-electron chi connectivity index (χ4n) is 5.62. The molecule has 1 saturated heterocycles. The van der Waals surface area contributed by atoms with Gasteiger partial charge >= 0.3 is 0 Å². The Morgan fingerprint density at radius 3 is 2.26 bits per heavy atom. The summed E-state index contributed by atoms with van der Waals surface area (Å²) in [6, 6.07) is 0. The highest BCUT2D eigenvalue weighted by molar-refractivity contribution is 5.16. The van der Waals surface area contributed by atoms with Crippen molar-refractivity contribution in [3.05, 3.63) is 24.3 Å². The normalized spacial score (nSPS) is 28.5. The van der Waals surface area contributed by atoms with Crippen LogP contribution in [-0.2, 0) is 0 Å². The van der Waals surface area contributed by atoms with Gasteiger partial charge in [-0.2, -0.15) is 0 Å². The lowest BCUT2D eigenvalue weighted by Gasteiger charge is -2.37. The zero-order valence-electron chi connectivity index (χ0n) is 19.5. The third kappa shape index (κ3) is 5.96. The van der Waals surface area contributed by atoms with Gasteiger partial charge in [0.05, 0.1) is 0 Å². The number of allylic oxidation sites excluding steroid dienone is 3. The maximum absolute atomic E-state index is 4.20. The molecule has 0 aromatic carbocycles. The van der Waals surface area contributed by atoms with E-state index in [1.54, 1.807) is 0 Å². The second-order valence-corrected chi connectivity index (χ2v) is 11.2. The van der Waals surface area contributed by atoms with Crippen molar-refractivity contribution in [2.45, 2.75) is 99.0 Å². The van der Waals surface area contributed by atoms with Gasteiger partial charge in [0.25, 0.3) is 0 Å². The first-order valence-electron chi connectivity index (χ1n) is 11.7. The fourth-order valence-corrected chi connectivity index (χ4v) is 5.62. The highest BCUT2D eigenvalue weighted by Crippen LogP contribution is 2.50. The molecule has 1 saturated carbocycles. The largest absolute Gasteiger partial charge is 0.297 e. The lowest BCUT2D eigenvalue weighted by Crippen LogP contribution is -2.42. The van der Waals surface area contributed by atoms with E-state index in [0.717, 1.165) is 17.8 Å². The quantitative estimate of drug-likeness (QED) is 0.398. The van der Waals surface area contributed by atoms with Crippen molar-refractivity contribution in [1.29, 1.82) is 0 Å². The average Bonchev–Trinajstić information content (AvgIpc) is 2.83. The third-order valence-corrected chi connectivity index (χ3v) is 7.75. The summed E-state index contributed by atoms with van der Waals surface area (Å²) in [7, 11) is 0. The van der Waals surface area contributed by atoms with E-state index in [1.165, 1.54) is 63.6 Å². The van der Waals surface area contributed by atoms with Crippen LogP contribution in [-0.4, -0.2) is 23.5 Å². The van der Waals surface area contributed by atoms with Gasteiger partial charge in [-0.1, -0.05) is 78.2 Å².